The third kappa shape index (κ3) is 1.65. The summed E-state index contributed by atoms with van der Waals surface area (Å²) < 4.78 is 0. The van der Waals surface area contributed by atoms with Gasteiger partial charge in [0.1, 0.15) is 0 Å². The number of carboxylic acid groups (broad SMARTS) is 1. The number of hydrogen-bond acceptors (Lipinski definition) is 2. The fourth-order valence-electron chi connectivity index (χ4n) is 4.30. The zero-order chi connectivity index (χ0) is 12.9. The van der Waals surface area contributed by atoms with E-state index in [1.54, 1.807) is 0 Å². The number of carbonyl (C=O) groups is 2. The van der Waals surface area contributed by atoms with Crippen molar-refractivity contribution in [1.29, 1.82) is 0 Å². The summed E-state index contributed by atoms with van der Waals surface area (Å²) in [5, 5.41) is 9.21. The molecule has 2 aliphatic heterocycles. The van der Waals surface area contributed by atoms with Crippen LogP contribution in [-0.2, 0) is 9.59 Å². The van der Waals surface area contributed by atoms with Gasteiger partial charge in [0.15, 0.2) is 0 Å². The topological polar surface area (TPSA) is 57.6 Å². The van der Waals surface area contributed by atoms with Crippen LogP contribution in [0.5, 0.6) is 0 Å². The van der Waals surface area contributed by atoms with Crippen LogP contribution in [0.1, 0.15) is 45.4 Å². The van der Waals surface area contributed by atoms with E-state index in [9.17, 15) is 14.7 Å². The number of fused-ring (bicyclic) bond motifs is 2. The van der Waals surface area contributed by atoms with Gasteiger partial charge in [-0.25, -0.2) is 0 Å². The number of rotatable bonds is 2. The molecule has 1 N–H and O–H groups in total. The summed E-state index contributed by atoms with van der Waals surface area (Å²) >= 11 is 0. The van der Waals surface area contributed by atoms with Gasteiger partial charge in [-0.05, 0) is 38.0 Å². The number of carbonyl (C=O) groups excluding carboxylic acids is 1. The van der Waals surface area contributed by atoms with Gasteiger partial charge in [-0.2, -0.15) is 0 Å². The van der Waals surface area contributed by atoms with Gasteiger partial charge in [0.25, 0.3) is 0 Å². The molecule has 1 amide bonds. The molecule has 3 aliphatic rings. The Morgan fingerprint density at radius 3 is 2.44 bits per heavy atom. The molecule has 4 nitrogen and oxygen atoms in total. The van der Waals surface area contributed by atoms with Crippen molar-refractivity contribution in [2.75, 3.05) is 0 Å². The van der Waals surface area contributed by atoms with Crippen molar-refractivity contribution < 1.29 is 14.7 Å². The van der Waals surface area contributed by atoms with Crippen molar-refractivity contribution in [3.8, 4) is 0 Å². The molecule has 5 atom stereocenters. The minimum absolute atomic E-state index is 0.0206. The highest BCUT2D eigenvalue weighted by Crippen LogP contribution is 2.44. The summed E-state index contributed by atoms with van der Waals surface area (Å²) in [5.74, 6) is -0.165. The predicted molar refractivity (Wildman–Crippen MR) is 65.9 cm³/mol. The van der Waals surface area contributed by atoms with E-state index in [0.717, 1.165) is 32.1 Å². The van der Waals surface area contributed by atoms with Crippen LogP contribution in [0.4, 0.5) is 0 Å². The summed E-state index contributed by atoms with van der Waals surface area (Å²) in [6.07, 6.45) is 5.83. The molecule has 100 valence electrons. The lowest BCUT2D eigenvalue weighted by Gasteiger charge is -2.28. The highest BCUT2D eigenvalue weighted by molar-refractivity contribution is 5.83. The lowest BCUT2D eigenvalue weighted by Crippen LogP contribution is -2.42. The zero-order valence-electron chi connectivity index (χ0n) is 10.8. The second-order valence-corrected chi connectivity index (χ2v) is 6.24. The normalized spacial score (nSPS) is 42.5. The average molecular weight is 251 g/mol. The number of aliphatic carboxylic acids is 1. The van der Waals surface area contributed by atoms with Crippen molar-refractivity contribution in [3.05, 3.63) is 0 Å². The standard InChI is InChI=1S/C14H21NO3/c1-8-3-2-4-10(8)13(16)15-9-5-6-12(15)11(7-9)14(17)18/h8-12H,2-7H2,1H3,(H,17,18). The Bertz CT molecular complexity index is 381. The van der Waals surface area contributed by atoms with Crippen molar-refractivity contribution in [1.82, 2.24) is 4.90 Å². The second-order valence-electron chi connectivity index (χ2n) is 6.24. The first-order chi connectivity index (χ1) is 8.59. The quantitative estimate of drug-likeness (QED) is 0.815. The monoisotopic (exact) mass is 251 g/mol. The minimum Gasteiger partial charge on any atom is -0.481 e. The highest BCUT2D eigenvalue weighted by atomic mass is 16.4. The summed E-state index contributed by atoms with van der Waals surface area (Å²) in [5.41, 5.74) is 0. The number of amides is 1. The van der Waals surface area contributed by atoms with Crippen LogP contribution in [-0.4, -0.2) is 34.0 Å². The molecule has 5 unspecified atom stereocenters. The van der Waals surface area contributed by atoms with Crippen LogP contribution in [0.25, 0.3) is 0 Å². The first-order valence-corrected chi connectivity index (χ1v) is 7.14. The van der Waals surface area contributed by atoms with Crippen molar-refractivity contribution in [2.45, 2.75) is 57.5 Å². The van der Waals surface area contributed by atoms with Gasteiger partial charge >= 0.3 is 5.97 Å². The smallest absolute Gasteiger partial charge is 0.308 e. The Labute approximate surface area is 107 Å². The first kappa shape index (κ1) is 12.0. The molecule has 1 saturated carbocycles. The fraction of sp³-hybridized carbons (Fsp3) is 0.857. The van der Waals surface area contributed by atoms with E-state index < -0.39 is 5.97 Å². The van der Waals surface area contributed by atoms with Crippen LogP contribution in [0.2, 0.25) is 0 Å². The van der Waals surface area contributed by atoms with Gasteiger partial charge in [0, 0.05) is 18.0 Å². The van der Waals surface area contributed by atoms with Crippen molar-refractivity contribution in [2.24, 2.45) is 17.8 Å². The molecule has 3 fully saturated rings. The number of hydrogen-bond donors (Lipinski definition) is 1. The Morgan fingerprint density at radius 2 is 1.89 bits per heavy atom. The van der Waals surface area contributed by atoms with Gasteiger partial charge in [0.05, 0.1) is 5.92 Å². The van der Waals surface area contributed by atoms with E-state index in [4.69, 9.17) is 0 Å². The van der Waals surface area contributed by atoms with Crippen LogP contribution in [0.3, 0.4) is 0 Å². The first-order valence-electron chi connectivity index (χ1n) is 7.14. The van der Waals surface area contributed by atoms with E-state index in [1.807, 2.05) is 4.90 Å². The lowest BCUT2D eigenvalue weighted by molar-refractivity contribution is -0.143. The lowest BCUT2D eigenvalue weighted by atomic mass is 9.89. The second kappa shape index (κ2) is 4.25. The molecule has 4 heteroatoms. The number of carboxylic acids is 1. The molecular formula is C14H21NO3. The molecule has 0 aromatic carbocycles. The third-order valence-corrected chi connectivity index (χ3v) is 5.29. The summed E-state index contributed by atoms with van der Waals surface area (Å²) in [4.78, 5) is 25.8. The average Bonchev–Trinajstić information content (AvgIpc) is 3.01. The van der Waals surface area contributed by atoms with E-state index in [-0.39, 0.29) is 29.8 Å². The molecule has 2 bridgehead atoms. The third-order valence-electron chi connectivity index (χ3n) is 5.29. The fourth-order valence-corrected chi connectivity index (χ4v) is 4.30. The minimum atomic E-state index is -0.723. The Balaban J connectivity index is 1.77. The maximum atomic E-state index is 12.6. The maximum absolute atomic E-state index is 12.6. The van der Waals surface area contributed by atoms with E-state index in [0.29, 0.717) is 12.3 Å². The van der Waals surface area contributed by atoms with Crippen LogP contribution < -0.4 is 0 Å². The van der Waals surface area contributed by atoms with E-state index in [2.05, 4.69) is 6.92 Å². The van der Waals surface area contributed by atoms with Gasteiger partial charge in [-0.3, -0.25) is 9.59 Å². The molecule has 2 heterocycles. The molecule has 1 aliphatic carbocycles. The molecule has 0 aromatic heterocycles. The SMILES string of the molecule is CC1CCCC1C(=O)N1C2CCC1C(C(=O)O)C2. The van der Waals surface area contributed by atoms with Crippen LogP contribution in [0.15, 0.2) is 0 Å². The molecule has 18 heavy (non-hydrogen) atoms. The Hall–Kier alpha value is -1.06. The Kier molecular flexibility index (Phi) is 2.83. The summed E-state index contributed by atoms with van der Waals surface area (Å²) in [6, 6.07) is 0.184. The van der Waals surface area contributed by atoms with Crippen LogP contribution in [0, 0.1) is 17.8 Å². The molecular weight excluding hydrogens is 230 g/mol. The van der Waals surface area contributed by atoms with Gasteiger partial charge < -0.3 is 10.0 Å². The van der Waals surface area contributed by atoms with Gasteiger partial charge in [0.2, 0.25) is 5.91 Å². The van der Waals surface area contributed by atoms with E-state index in [1.165, 1.54) is 0 Å². The molecule has 0 spiro atoms. The number of nitrogens with zero attached hydrogens (tertiary/aromatic N) is 1. The van der Waals surface area contributed by atoms with Crippen molar-refractivity contribution in [3.63, 3.8) is 0 Å². The maximum Gasteiger partial charge on any atom is 0.308 e. The predicted octanol–water partition coefficient (Wildman–Crippen LogP) is 1.89. The summed E-state index contributed by atoms with van der Waals surface area (Å²) in [7, 11) is 0. The molecule has 0 aromatic rings. The zero-order valence-corrected chi connectivity index (χ0v) is 10.8. The van der Waals surface area contributed by atoms with Crippen LogP contribution >= 0.6 is 0 Å². The summed E-state index contributed by atoms with van der Waals surface area (Å²) in [6.45, 7) is 2.15. The van der Waals surface area contributed by atoms with Gasteiger partial charge in [-0.1, -0.05) is 13.3 Å². The van der Waals surface area contributed by atoms with E-state index >= 15 is 0 Å². The van der Waals surface area contributed by atoms with Gasteiger partial charge in [-0.15, -0.1) is 0 Å². The molecule has 3 rings (SSSR count). The van der Waals surface area contributed by atoms with Crippen molar-refractivity contribution >= 4 is 11.9 Å². The molecule has 2 saturated heterocycles. The largest absolute Gasteiger partial charge is 0.481 e. The Morgan fingerprint density at radius 1 is 1.11 bits per heavy atom. The molecule has 0 radical (unpaired) electrons. The highest BCUT2D eigenvalue weighted by Gasteiger charge is 2.52.